The lowest BCUT2D eigenvalue weighted by atomic mass is 9.95. The van der Waals surface area contributed by atoms with E-state index in [1.54, 1.807) is 42.9 Å². The number of amides is 1. The summed E-state index contributed by atoms with van der Waals surface area (Å²) in [6.07, 6.45) is 5.71. The molecule has 4 rings (SSSR count). The van der Waals surface area contributed by atoms with Crippen molar-refractivity contribution in [3.05, 3.63) is 94.2 Å². The highest BCUT2D eigenvalue weighted by Gasteiger charge is 2.45. The van der Waals surface area contributed by atoms with Crippen molar-refractivity contribution in [3.8, 4) is 0 Å². The van der Waals surface area contributed by atoms with E-state index in [0.29, 0.717) is 24.1 Å². The Labute approximate surface area is 186 Å². The first-order valence-corrected chi connectivity index (χ1v) is 10.5. The number of likely N-dealkylation sites (tertiary alicyclic amines) is 1. The zero-order chi connectivity index (χ0) is 22.0. The van der Waals surface area contributed by atoms with Gasteiger partial charge in [0.2, 0.25) is 0 Å². The molecule has 0 radical (unpaired) electrons. The van der Waals surface area contributed by atoms with E-state index in [-0.39, 0.29) is 17.9 Å². The first kappa shape index (κ1) is 21.0. The highest BCUT2D eigenvalue weighted by molar-refractivity contribution is 9.10. The summed E-state index contributed by atoms with van der Waals surface area (Å²) in [5.41, 5.74) is 0.794. The molecule has 0 saturated carbocycles. The lowest BCUT2D eigenvalue weighted by Gasteiger charge is -2.25. The van der Waals surface area contributed by atoms with Gasteiger partial charge in [-0.05, 0) is 36.2 Å². The molecule has 1 aliphatic heterocycles. The fourth-order valence-corrected chi connectivity index (χ4v) is 4.00. The van der Waals surface area contributed by atoms with Gasteiger partial charge >= 0.3 is 0 Å². The summed E-state index contributed by atoms with van der Waals surface area (Å²) in [4.78, 5) is 31.2. The van der Waals surface area contributed by atoms with Crippen LogP contribution >= 0.6 is 15.9 Å². The molecule has 1 atom stereocenters. The zero-order valence-corrected chi connectivity index (χ0v) is 18.0. The number of imidazole rings is 1. The largest absolute Gasteiger partial charge is 0.507 e. The standard InChI is InChI=1S/C23H19BrFN3O3/c24-17-7-5-15(6-8-17)21(29)19-20(16-3-1-4-18(25)13-16)28(23(31)22(19)30)11-2-10-27-12-9-26-14-27/h1,3-9,12-14,20,29H,2,10-11H2/b21-19+/t20-/m0/s1. The molecular weight excluding hydrogens is 465 g/mol. The third kappa shape index (κ3) is 4.29. The molecule has 1 N–H and O–H groups in total. The van der Waals surface area contributed by atoms with E-state index in [9.17, 15) is 19.1 Å². The molecule has 1 saturated heterocycles. The second-order valence-corrected chi connectivity index (χ2v) is 8.12. The number of carbonyl (C=O) groups excluding carboxylic acids is 2. The van der Waals surface area contributed by atoms with Gasteiger partial charge in [-0.3, -0.25) is 9.59 Å². The average molecular weight is 484 g/mol. The number of ketones is 1. The molecule has 31 heavy (non-hydrogen) atoms. The Morgan fingerprint density at radius 1 is 1.13 bits per heavy atom. The van der Waals surface area contributed by atoms with Crippen molar-refractivity contribution in [1.29, 1.82) is 0 Å². The lowest BCUT2D eigenvalue weighted by molar-refractivity contribution is -0.139. The van der Waals surface area contributed by atoms with E-state index in [1.807, 2.05) is 10.8 Å². The minimum atomic E-state index is -0.873. The Kier molecular flexibility index (Phi) is 5.99. The van der Waals surface area contributed by atoms with Crippen LogP contribution in [-0.4, -0.2) is 37.8 Å². The summed E-state index contributed by atoms with van der Waals surface area (Å²) in [6, 6.07) is 11.6. The number of aromatic nitrogens is 2. The summed E-state index contributed by atoms with van der Waals surface area (Å²) < 4.78 is 16.7. The fraction of sp³-hybridized carbons (Fsp3) is 0.174. The van der Waals surface area contributed by atoms with Gasteiger partial charge in [-0.15, -0.1) is 0 Å². The van der Waals surface area contributed by atoms with Gasteiger partial charge in [0.15, 0.2) is 0 Å². The molecule has 2 aromatic carbocycles. The van der Waals surface area contributed by atoms with Gasteiger partial charge < -0.3 is 14.6 Å². The maximum Gasteiger partial charge on any atom is 0.295 e. The second-order valence-electron chi connectivity index (χ2n) is 7.21. The molecule has 1 amide bonds. The van der Waals surface area contributed by atoms with Crippen LogP contribution in [0.3, 0.4) is 0 Å². The number of halogens is 2. The van der Waals surface area contributed by atoms with Crippen molar-refractivity contribution in [3.63, 3.8) is 0 Å². The molecule has 6 nitrogen and oxygen atoms in total. The number of benzene rings is 2. The Morgan fingerprint density at radius 3 is 2.58 bits per heavy atom. The quantitative estimate of drug-likeness (QED) is 0.322. The van der Waals surface area contributed by atoms with E-state index >= 15 is 0 Å². The second kappa shape index (κ2) is 8.85. The summed E-state index contributed by atoms with van der Waals surface area (Å²) in [6.45, 7) is 0.868. The molecule has 8 heteroatoms. The number of aryl methyl sites for hydroxylation is 1. The zero-order valence-electron chi connectivity index (χ0n) is 16.4. The molecule has 0 aliphatic carbocycles. The molecule has 1 aliphatic rings. The SMILES string of the molecule is O=C1C(=O)N(CCCn2ccnc2)[C@@H](c2cccc(F)c2)/C1=C(\O)c1ccc(Br)cc1. The Morgan fingerprint density at radius 2 is 1.90 bits per heavy atom. The predicted molar refractivity (Wildman–Crippen MR) is 116 cm³/mol. The monoisotopic (exact) mass is 483 g/mol. The number of Topliss-reactive ketones (excluding diaryl/α,β-unsaturated/α-hetero) is 1. The minimum Gasteiger partial charge on any atom is -0.507 e. The third-order valence-electron chi connectivity index (χ3n) is 5.20. The molecule has 2 heterocycles. The van der Waals surface area contributed by atoms with Crippen LogP contribution in [0.15, 0.2) is 77.3 Å². The van der Waals surface area contributed by atoms with Crippen molar-refractivity contribution in [2.45, 2.75) is 19.0 Å². The van der Waals surface area contributed by atoms with E-state index < -0.39 is 23.5 Å². The number of hydrogen-bond donors (Lipinski definition) is 1. The normalized spacial score (nSPS) is 18.0. The maximum atomic E-state index is 14.0. The smallest absolute Gasteiger partial charge is 0.295 e. The van der Waals surface area contributed by atoms with E-state index in [4.69, 9.17) is 0 Å². The Hall–Kier alpha value is -3.26. The molecule has 1 aromatic heterocycles. The van der Waals surface area contributed by atoms with Gasteiger partial charge in [0.05, 0.1) is 17.9 Å². The van der Waals surface area contributed by atoms with E-state index in [2.05, 4.69) is 20.9 Å². The molecule has 0 spiro atoms. The number of nitrogens with zero attached hydrogens (tertiary/aromatic N) is 3. The average Bonchev–Trinajstić information content (AvgIpc) is 3.36. The third-order valence-corrected chi connectivity index (χ3v) is 5.73. The van der Waals surface area contributed by atoms with Crippen LogP contribution in [0.2, 0.25) is 0 Å². The molecule has 0 unspecified atom stereocenters. The van der Waals surface area contributed by atoms with Crippen LogP contribution in [0.4, 0.5) is 4.39 Å². The van der Waals surface area contributed by atoms with Crippen LogP contribution in [0.25, 0.3) is 5.76 Å². The summed E-state index contributed by atoms with van der Waals surface area (Å²) in [5, 5.41) is 11.0. The van der Waals surface area contributed by atoms with Gasteiger partial charge in [0.25, 0.3) is 11.7 Å². The van der Waals surface area contributed by atoms with Crippen molar-refractivity contribution in [2.24, 2.45) is 0 Å². The lowest BCUT2D eigenvalue weighted by Crippen LogP contribution is -2.31. The fourth-order valence-electron chi connectivity index (χ4n) is 3.74. The van der Waals surface area contributed by atoms with Crippen LogP contribution < -0.4 is 0 Å². The summed E-state index contributed by atoms with van der Waals surface area (Å²) in [5.74, 6) is -2.25. The number of aliphatic hydroxyl groups is 1. The topological polar surface area (TPSA) is 75.4 Å². The molecular formula is C23H19BrFN3O3. The van der Waals surface area contributed by atoms with Crippen molar-refractivity contribution in [2.75, 3.05) is 6.54 Å². The summed E-state index contributed by atoms with van der Waals surface area (Å²) >= 11 is 3.34. The number of hydrogen-bond acceptors (Lipinski definition) is 4. The first-order valence-electron chi connectivity index (χ1n) is 9.71. The van der Waals surface area contributed by atoms with E-state index in [0.717, 1.165) is 4.47 Å². The molecule has 0 bridgehead atoms. The van der Waals surface area contributed by atoms with Crippen molar-refractivity contribution in [1.82, 2.24) is 14.5 Å². The minimum absolute atomic E-state index is 0.0412. The van der Waals surface area contributed by atoms with Gasteiger partial charge in [0, 0.05) is 35.5 Å². The highest BCUT2D eigenvalue weighted by atomic mass is 79.9. The molecule has 3 aromatic rings. The van der Waals surface area contributed by atoms with Crippen molar-refractivity contribution < 1.29 is 19.1 Å². The van der Waals surface area contributed by atoms with Gasteiger partial charge in [-0.1, -0.05) is 40.2 Å². The van der Waals surface area contributed by atoms with Gasteiger partial charge in [-0.25, -0.2) is 9.37 Å². The van der Waals surface area contributed by atoms with Crippen LogP contribution in [0, 0.1) is 5.82 Å². The van der Waals surface area contributed by atoms with Crippen LogP contribution in [0.5, 0.6) is 0 Å². The number of aliphatic hydroxyl groups excluding tert-OH is 1. The van der Waals surface area contributed by atoms with Crippen LogP contribution in [-0.2, 0) is 16.1 Å². The highest BCUT2D eigenvalue weighted by Crippen LogP contribution is 2.39. The Balaban J connectivity index is 1.73. The summed E-state index contributed by atoms with van der Waals surface area (Å²) in [7, 11) is 0. The van der Waals surface area contributed by atoms with Gasteiger partial charge in [-0.2, -0.15) is 0 Å². The van der Waals surface area contributed by atoms with E-state index in [1.165, 1.54) is 23.1 Å². The maximum absolute atomic E-state index is 14.0. The molecule has 1 fully saturated rings. The number of rotatable bonds is 6. The first-order chi connectivity index (χ1) is 15.0. The predicted octanol–water partition coefficient (Wildman–Crippen LogP) is 4.30. The Bertz CT molecular complexity index is 1140. The van der Waals surface area contributed by atoms with Crippen molar-refractivity contribution >= 4 is 33.4 Å². The molecule has 158 valence electrons. The van der Waals surface area contributed by atoms with Crippen LogP contribution in [0.1, 0.15) is 23.6 Å². The van der Waals surface area contributed by atoms with Gasteiger partial charge in [0.1, 0.15) is 11.6 Å². The number of carbonyl (C=O) groups is 2.